The van der Waals surface area contributed by atoms with Crippen LogP contribution in [0.2, 0.25) is 5.02 Å². The molecule has 0 amide bonds. The molecule has 1 atom stereocenters. The molecule has 18 heavy (non-hydrogen) atoms. The van der Waals surface area contributed by atoms with Crippen molar-refractivity contribution in [2.24, 2.45) is 0 Å². The number of nitrogens with zero attached hydrogens (tertiary/aromatic N) is 1. The highest BCUT2D eigenvalue weighted by atomic mass is 35.5. The van der Waals surface area contributed by atoms with Gasteiger partial charge in [-0.2, -0.15) is 0 Å². The van der Waals surface area contributed by atoms with Gasteiger partial charge in [0.15, 0.2) is 0 Å². The summed E-state index contributed by atoms with van der Waals surface area (Å²) < 4.78 is 18.4. The minimum atomic E-state index is -0.927. The van der Waals surface area contributed by atoms with Crippen LogP contribution >= 0.6 is 11.6 Å². The zero-order valence-corrected chi connectivity index (χ0v) is 10.4. The summed E-state index contributed by atoms with van der Waals surface area (Å²) in [4.78, 5) is 12.8. The van der Waals surface area contributed by atoms with Crippen LogP contribution < -0.4 is 0 Å². The molecular formula is C12H13ClFNO3. The topological polar surface area (TPSA) is 49.8 Å². The van der Waals surface area contributed by atoms with Crippen molar-refractivity contribution in [1.29, 1.82) is 0 Å². The average molecular weight is 274 g/mol. The van der Waals surface area contributed by atoms with Crippen molar-refractivity contribution >= 4 is 17.6 Å². The Bertz CT molecular complexity index is 455. The zero-order valence-electron chi connectivity index (χ0n) is 9.60. The van der Waals surface area contributed by atoms with Crippen molar-refractivity contribution < 1.29 is 19.0 Å². The lowest BCUT2D eigenvalue weighted by Gasteiger charge is -2.32. The molecule has 0 spiro atoms. The Hall–Kier alpha value is -1.17. The first-order chi connectivity index (χ1) is 8.58. The first-order valence-electron chi connectivity index (χ1n) is 5.56. The Morgan fingerprint density at radius 1 is 1.61 bits per heavy atom. The molecule has 1 saturated heterocycles. The van der Waals surface area contributed by atoms with E-state index in [9.17, 15) is 9.18 Å². The highest BCUT2D eigenvalue weighted by Crippen LogP contribution is 2.18. The van der Waals surface area contributed by atoms with Crippen molar-refractivity contribution in [3.63, 3.8) is 0 Å². The molecule has 1 aliphatic rings. The van der Waals surface area contributed by atoms with Crippen molar-refractivity contribution in [3.05, 3.63) is 34.6 Å². The van der Waals surface area contributed by atoms with E-state index in [1.165, 1.54) is 12.1 Å². The van der Waals surface area contributed by atoms with Gasteiger partial charge in [-0.15, -0.1) is 0 Å². The Morgan fingerprint density at radius 3 is 3.06 bits per heavy atom. The second-order valence-corrected chi connectivity index (χ2v) is 4.56. The molecule has 1 fully saturated rings. The summed E-state index contributed by atoms with van der Waals surface area (Å²) in [6, 6.07) is 3.82. The van der Waals surface area contributed by atoms with E-state index in [0.717, 1.165) is 0 Å². The van der Waals surface area contributed by atoms with Crippen molar-refractivity contribution in [1.82, 2.24) is 4.90 Å². The molecule has 0 bridgehead atoms. The molecule has 1 N–H and O–H groups in total. The van der Waals surface area contributed by atoms with Gasteiger partial charge >= 0.3 is 5.97 Å². The molecule has 1 aromatic carbocycles. The fraction of sp³-hybridized carbons (Fsp3) is 0.417. The molecular weight excluding hydrogens is 261 g/mol. The van der Waals surface area contributed by atoms with Crippen LogP contribution in [-0.2, 0) is 16.1 Å². The number of hydrogen-bond acceptors (Lipinski definition) is 3. The van der Waals surface area contributed by atoms with Crippen LogP contribution in [-0.4, -0.2) is 41.8 Å². The third kappa shape index (κ3) is 2.98. The van der Waals surface area contributed by atoms with E-state index in [1.807, 2.05) is 0 Å². The number of morpholine rings is 1. The van der Waals surface area contributed by atoms with Gasteiger partial charge in [-0.3, -0.25) is 9.69 Å². The smallest absolute Gasteiger partial charge is 0.323 e. The molecule has 4 nitrogen and oxygen atoms in total. The fourth-order valence-electron chi connectivity index (χ4n) is 1.93. The summed E-state index contributed by atoms with van der Waals surface area (Å²) in [6.45, 7) is 1.53. The van der Waals surface area contributed by atoms with Crippen LogP contribution in [0.3, 0.4) is 0 Å². The number of carboxylic acids is 1. The fourth-order valence-corrected chi connectivity index (χ4v) is 2.04. The van der Waals surface area contributed by atoms with Gasteiger partial charge in [-0.05, 0) is 17.7 Å². The van der Waals surface area contributed by atoms with Crippen LogP contribution in [0.4, 0.5) is 4.39 Å². The number of carboxylic acid groups (broad SMARTS) is 1. The lowest BCUT2D eigenvalue weighted by molar-refractivity contribution is -0.150. The third-order valence-electron chi connectivity index (χ3n) is 2.89. The SMILES string of the molecule is O=C(O)C1COCCN1Cc1ccc(Cl)c(F)c1. The first kappa shape index (κ1) is 13.3. The van der Waals surface area contributed by atoms with Gasteiger partial charge in [0.1, 0.15) is 11.9 Å². The maximum Gasteiger partial charge on any atom is 0.323 e. The predicted molar refractivity (Wildman–Crippen MR) is 64.1 cm³/mol. The van der Waals surface area contributed by atoms with Gasteiger partial charge in [0.2, 0.25) is 0 Å². The number of aliphatic carboxylic acids is 1. The maximum atomic E-state index is 13.3. The van der Waals surface area contributed by atoms with Gasteiger partial charge in [0, 0.05) is 13.1 Å². The molecule has 0 aliphatic carbocycles. The van der Waals surface area contributed by atoms with E-state index in [0.29, 0.717) is 25.3 Å². The normalized spacial score (nSPS) is 20.9. The lowest BCUT2D eigenvalue weighted by Crippen LogP contribution is -2.49. The molecule has 0 radical (unpaired) electrons. The summed E-state index contributed by atoms with van der Waals surface area (Å²) in [5, 5.41) is 9.13. The van der Waals surface area contributed by atoms with Crippen LogP contribution in [0.15, 0.2) is 18.2 Å². The Morgan fingerprint density at radius 2 is 2.39 bits per heavy atom. The van der Waals surface area contributed by atoms with Gasteiger partial charge in [0.05, 0.1) is 18.2 Å². The summed E-state index contributed by atoms with van der Waals surface area (Å²) in [5.74, 6) is -1.42. The summed E-state index contributed by atoms with van der Waals surface area (Å²) in [6.07, 6.45) is 0. The van der Waals surface area contributed by atoms with Crippen LogP contribution in [0.1, 0.15) is 5.56 Å². The summed E-state index contributed by atoms with van der Waals surface area (Å²) in [5.41, 5.74) is 0.699. The molecule has 0 saturated carbocycles. The monoisotopic (exact) mass is 273 g/mol. The number of ether oxygens (including phenoxy) is 1. The van der Waals surface area contributed by atoms with Crippen LogP contribution in [0.25, 0.3) is 0 Å². The van der Waals surface area contributed by atoms with Crippen LogP contribution in [0, 0.1) is 5.82 Å². The van der Waals surface area contributed by atoms with Gasteiger partial charge in [0.25, 0.3) is 0 Å². The number of benzene rings is 1. The minimum Gasteiger partial charge on any atom is -0.480 e. The number of carbonyl (C=O) groups is 1. The Labute approximate surface area is 109 Å². The largest absolute Gasteiger partial charge is 0.480 e. The number of halogens is 2. The zero-order chi connectivity index (χ0) is 13.1. The second kappa shape index (κ2) is 5.65. The van der Waals surface area contributed by atoms with Crippen LogP contribution in [0.5, 0.6) is 0 Å². The van der Waals surface area contributed by atoms with Crippen molar-refractivity contribution in [2.75, 3.05) is 19.8 Å². The quantitative estimate of drug-likeness (QED) is 0.912. The number of rotatable bonds is 3. The van der Waals surface area contributed by atoms with Crippen molar-refractivity contribution in [3.8, 4) is 0 Å². The molecule has 6 heteroatoms. The second-order valence-electron chi connectivity index (χ2n) is 4.15. The Balaban J connectivity index is 2.10. The summed E-state index contributed by atoms with van der Waals surface area (Å²) >= 11 is 5.60. The standard InChI is InChI=1S/C12H13ClFNO3/c13-9-2-1-8(5-10(9)14)6-15-3-4-18-7-11(15)12(16)17/h1-2,5,11H,3-4,6-7H2,(H,16,17). The minimum absolute atomic E-state index is 0.0653. The summed E-state index contributed by atoms with van der Waals surface area (Å²) in [7, 11) is 0. The molecule has 1 aromatic rings. The predicted octanol–water partition coefficient (Wildman–Crippen LogP) is 1.76. The van der Waals surface area contributed by atoms with Gasteiger partial charge in [-0.25, -0.2) is 4.39 Å². The Kier molecular flexibility index (Phi) is 4.16. The maximum absolute atomic E-state index is 13.3. The van der Waals surface area contributed by atoms with E-state index in [2.05, 4.69) is 0 Å². The van der Waals surface area contributed by atoms with Gasteiger partial charge in [-0.1, -0.05) is 17.7 Å². The van der Waals surface area contributed by atoms with Crippen molar-refractivity contribution in [2.45, 2.75) is 12.6 Å². The van der Waals surface area contributed by atoms with E-state index < -0.39 is 17.8 Å². The molecule has 1 heterocycles. The number of hydrogen-bond donors (Lipinski definition) is 1. The van der Waals surface area contributed by atoms with Gasteiger partial charge < -0.3 is 9.84 Å². The van der Waals surface area contributed by atoms with E-state index in [4.69, 9.17) is 21.4 Å². The highest BCUT2D eigenvalue weighted by molar-refractivity contribution is 6.30. The van der Waals surface area contributed by atoms with E-state index in [1.54, 1.807) is 11.0 Å². The molecule has 98 valence electrons. The molecule has 1 unspecified atom stereocenters. The first-order valence-corrected chi connectivity index (χ1v) is 5.94. The molecule has 0 aromatic heterocycles. The average Bonchev–Trinajstić information content (AvgIpc) is 2.34. The highest BCUT2D eigenvalue weighted by Gasteiger charge is 2.29. The third-order valence-corrected chi connectivity index (χ3v) is 3.20. The lowest BCUT2D eigenvalue weighted by atomic mass is 10.1. The molecule has 2 rings (SSSR count). The van der Waals surface area contributed by atoms with E-state index >= 15 is 0 Å². The van der Waals surface area contributed by atoms with E-state index in [-0.39, 0.29) is 11.6 Å². The molecule has 1 aliphatic heterocycles.